The van der Waals surface area contributed by atoms with Gasteiger partial charge in [0.25, 0.3) is 0 Å². The summed E-state index contributed by atoms with van der Waals surface area (Å²) in [6.45, 7) is 0. The van der Waals surface area contributed by atoms with E-state index in [0.717, 1.165) is 17.7 Å². The molecule has 88 valence electrons. The van der Waals surface area contributed by atoms with Gasteiger partial charge in [-0.1, -0.05) is 11.6 Å². The molecule has 0 aliphatic carbocycles. The normalized spacial score (nSPS) is 9.94. The highest BCUT2D eigenvalue weighted by Crippen LogP contribution is 2.24. The second kappa shape index (κ2) is 6.35. The van der Waals surface area contributed by atoms with Gasteiger partial charge in [0.1, 0.15) is 5.75 Å². The minimum Gasteiger partial charge on any atom is -0.496 e. The van der Waals surface area contributed by atoms with Gasteiger partial charge in [0.05, 0.1) is 7.11 Å². The standard InChI is InChI=1S/C11H15ClN2O2/c1-16-10-6-5-9(12)7-8(10)3-2-4-11(15)14-13/h5-7H,2-4,13H2,1H3,(H,14,15). The molecular formula is C11H15ClN2O2. The fraction of sp³-hybridized carbons (Fsp3) is 0.364. The molecule has 16 heavy (non-hydrogen) atoms. The second-order valence-electron chi connectivity index (χ2n) is 3.38. The molecule has 1 aromatic carbocycles. The van der Waals surface area contributed by atoms with E-state index in [1.807, 2.05) is 12.1 Å². The average Bonchev–Trinajstić information content (AvgIpc) is 2.29. The van der Waals surface area contributed by atoms with Gasteiger partial charge in [-0.3, -0.25) is 10.2 Å². The summed E-state index contributed by atoms with van der Waals surface area (Å²) in [5.74, 6) is 5.61. The Morgan fingerprint density at radius 3 is 2.94 bits per heavy atom. The van der Waals surface area contributed by atoms with E-state index in [4.69, 9.17) is 22.2 Å². The summed E-state index contributed by atoms with van der Waals surface area (Å²) >= 11 is 5.89. The fourth-order valence-corrected chi connectivity index (χ4v) is 1.65. The maximum absolute atomic E-state index is 10.9. The number of benzene rings is 1. The molecule has 1 aromatic rings. The number of hydrazine groups is 1. The van der Waals surface area contributed by atoms with Crippen LogP contribution in [-0.2, 0) is 11.2 Å². The number of nitrogens with one attached hydrogen (secondary N) is 1. The summed E-state index contributed by atoms with van der Waals surface area (Å²) in [5, 5.41) is 0.666. The fourth-order valence-electron chi connectivity index (χ4n) is 1.45. The van der Waals surface area contributed by atoms with Gasteiger partial charge in [0.15, 0.2) is 0 Å². The average molecular weight is 243 g/mol. The molecule has 5 heteroatoms. The van der Waals surface area contributed by atoms with Gasteiger partial charge in [0, 0.05) is 11.4 Å². The van der Waals surface area contributed by atoms with Crippen LogP contribution in [0.15, 0.2) is 18.2 Å². The van der Waals surface area contributed by atoms with Crippen molar-refractivity contribution in [3.05, 3.63) is 28.8 Å². The molecule has 0 radical (unpaired) electrons. The van der Waals surface area contributed by atoms with Crippen molar-refractivity contribution in [2.75, 3.05) is 7.11 Å². The molecule has 0 saturated heterocycles. The van der Waals surface area contributed by atoms with Crippen molar-refractivity contribution in [2.24, 2.45) is 5.84 Å². The Morgan fingerprint density at radius 2 is 2.31 bits per heavy atom. The number of halogens is 1. The van der Waals surface area contributed by atoms with Crippen LogP contribution in [0.25, 0.3) is 0 Å². The lowest BCUT2D eigenvalue weighted by Crippen LogP contribution is -2.29. The molecule has 0 saturated carbocycles. The third kappa shape index (κ3) is 3.72. The van der Waals surface area contributed by atoms with Gasteiger partial charge < -0.3 is 4.74 Å². The third-order valence-corrected chi connectivity index (χ3v) is 2.49. The number of hydrogen-bond acceptors (Lipinski definition) is 3. The van der Waals surface area contributed by atoms with Crippen LogP contribution in [0.5, 0.6) is 5.75 Å². The predicted octanol–water partition coefficient (Wildman–Crippen LogP) is 1.66. The molecule has 0 unspecified atom stereocenters. The number of methoxy groups -OCH3 is 1. The van der Waals surface area contributed by atoms with Crippen LogP contribution in [0.2, 0.25) is 5.02 Å². The second-order valence-corrected chi connectivity index (χ2v) is 3.81. The molecule has 1 rings (SSSR count). The van der Waals surface area contributed by atoms with Gasteiger partial charge in [-0.15, -0.1) is 0 Å². The summed E-state index contributed by atoms with van der Waals surface area (Å²) in [6.07, 6.45) is 1.84. The van der Waals surface area contributed by atoms with Crippen LogP contribution in [0, 0.1) is 0 Å². The lowest BCUT2D eigenvalue weighted by Gasteiger charge is -2.08. The topological polar surface area (TPSA) is 64.3 Å². The van der Waals surface area contributed by atoms with Gasteiger partial charge in [-0.25, -0.2) is 5.84 Å². The Bertz CT molecular complexity index is 369. The van der Waals surface area contributed by atoms with Crippen molar-refractivity contribution >= 4 is 17.5 Å². The number of carbonyl (C=O) groups is 1. The number of ether oxygens (including phenoxy) is 1. The molecule has 1 amide bonds. The van der Waals surface area contributed by atoms with E-state index < -0.39 is 0 Å². The molecule has 4 nitrogen and oxygen atoms in total. The lowest BCUT2D eigenvalue weighted by atomic mass is 10.1. The minimum atomic E-state index is -0.166. The predicted molar refractivity (Wildman–Crippen MR) is 63.3 cm³/mol. The molecular weight excluding hydrogens is 228 g/mol. The SMILES string of the molecule is COc1ccc(Cl)cc1CCCC(=O)NN. The van der Waals surface area contributed by atoms with E-state index in [0.29, 0.717) is 17.9 Å². The quantitative estimate of drug-likeness (QED) is 0.469. The van der Waals surface area contributed by atoms with Crippen LogP contribution >= 0.6 is 11.6 Å². The minimum absolute atomic E-state index is 0.166. The molecule has 0 spiro atoms. The number of carbonyl (C=O) groups excluding carboxylic acids is 1. The molecule has 0 aliphatic heterocycles. The first kappa shape index (κ1) is 12.8. The zero-order valence-electron chi connectivity index (χ0n) is 9.13. The number of nitrogens with two attached hydrogens (primary N) is 1. The molecule has 0 aliphatic rings. The highest BCUT2D eigenvalue weighted by Gasteiger charge is 2.05. The first-order chi connectivity index (χ1) is 7.67. The summed E-state index contributed by atoms with van der Waals surface area (Å²) in [5.41, 5.74) is 3.09. The summed E-state index contributed by atoms with van der Waals surface area (Å²) < 4.78 is 5.20. The van der Waals surface area contributed by atoms with Crippen molar-refractivity contribution in [3.63, 3.8) is 0 Å². The number of amides is 1. The molecule has 3 N–H and O–H groups in total. The Kier molecular flexibility index (Phi) is 5.08. The van der Waals surface area contributed by atoms with E-state index in [-0.39, 0.29) is 5.91 Å². The molecule has 0 atom stereocenters. The largest absolute Gasteiger partial charge is 0.496 e. The van der Waals surface area contributed by atoms with Gasteiger partial charge >= 0.3 is 0 Å². The van der Waals surface area contributed by atoms with E-state index in [2.05, 4.69) is 5.43 Å². The number of rotatable bonds is 5. The van der Waals surface area contributed by atoms with Crippen LogP contribution in [-0.4, -0.2) is 13.0 Å². The third-order valence-electron chi connectivity index (χ3n) is 2.25. The van der Waals surface area contributed by atoms with Gasteiger partial charge in [-0.05, 0) is 36.6 Å². The van der Waals surface area contributed by atoms with Crippen molar-refractivity contribution < 1.29 is 9.53 Å². The first-order valence-corrected chi connectivity index (χ1v) is 5.37. The zero-order chi connectivity index (χ0) is 12.0. The Morgan fingerprint density at radius 1 is 1.56 bits per heavy atom. The van der Waals surface area contributed by atoms with Crippen LogP contribution in [0.4, 0.5) is 0 Å². The van der Waals surface area contributed by atoms with E-state index in [9.17, 15) is 4.79 Å². The maximum atomic E-state index is 10.9. The van der Waals surface area contributed by atoms with E-state index >= 15 is 0 Å². The van der Waals surface area contributed by atoms with Crippen LogP contribution < -0.4 is 16.0 Å². The van der Waals surface area contributed by atoms with E-state index in [1.165, 1.54) is 0 Å². The number of hydrogen-bond donors (Lipinski definition) is 2. The lowest BCUT2D eigenvalue weighted by molar-refractivity contribution is -0.121. The highest BCUT2D eigenvalue weighted by molar-refractivity contribution is 6.30. The van der Waals surface area contributed by atoms with Crippen molar-refractivity contribution in [2.45, 2.75) is 19.3 Å². The molecule has 0 fully saturated rings. The zero-order valence-corrected chi connectivity index (χ0v) is 9.88. The Hall–Kier alpha value is -1.26. The van der Waals surface area contributed by atoms with Crippen molar-refractivity contribution in [3.8, 4) is 5.75 Å². The summed E-state index contributed by atoms with van der Waals surface area (Å²) in [4.78, 5) is 10.9. The monoisotopic (exact) mass is 242 g/mol. The smallest absolute Gasteiger partial charge is 0.233 e. The van der Waals surface area contributed by atoms with Gasteiger partial charge in [0.2, 0.25) is 5.91 Å². The highest BCUT2D eigenvalue weighted by atomic mass is 35.5. The van der Waals surface area contributed by atoms with E-state index in [1.54, 1.807) is 13.2 Å². The van der Waals surface area contributed by atoms with Gasteiger partial charge in [-0.2, -0.15) is 0 Å². The molecule has 0 aromatic heterocycles. The van der Waals surface area contributed by atoms with Crippen molar-refractivity contribution in [1.29, 1.82) is 0 Å². The summed E-state index contributed by atoms with van der Waals surface area (Å²) in [6, 6.07) is 5.44. The molecule has 0 bridgehead atoms. The van der Waals surface area contributed by atoms with Crippen LogP contribution in [0.3, 0.4) is 0 Å². The van der Waals surface area contributed by atoms with Crippen molar-refractivity contribution in [1.82, 2.24) is 5.43 Å². The Balaban J connectivity index is 2.58. The Labute approximate surface area is 99.7 Å². The maximum Gasteiger partial charge on any atom is 0.233 e. The first-order valence-electron chi connectivity index (χ1n) is 4.99. The number of aryl methyl sites for hydroxylation is 1. The summed E-state index contributed by atoms with van der Waals surface area (Å²) in [7, 11) is 1.61. The molecule has 0 heterocycles. The van der Waals surface area contributed by atoms with Crippen LogP contribution in [0.1, 0.15) is 18.4 Å².